The molecule has 6 nitrogen and oxygen atoms in total. The molecule has 1 aliphatic carbocycles. The van der Waals surface area contributed by atoms with E-state index in [4.69, 9.17) is 5.11 Å². The molecule has 1 aliphatic rings. The van der Waals surface area contributed by atoms with Crippen LogP contribution in [0.4, 0.5) is 5.69 Å². The third kappa shape index (κ3) is 3.71. The number of hydrogen-bond acceptors (Lipinski definition) is 3. The smallest absolute Gasteiger partial charge is 0.306 e. The molecule has 0 aromatic carbocycles. The second-order valence-corrected chi connectivity index (χ2v) is 5.48. The molecule has 114 valence electrons. The van der Waals surface area contributed by atoms with Crippen LogP contribution in [0.25, 0.3) is 0 Å². The van der Waals surface area contributed by atoms with Crippen LogP contribution in [0.1, 0.15) is 32.6 Å². The van der Waals surface area contributed by atoms with Gasteiger partial charge in [0.1, 0.15) is 0 Å². The van der Waals surface area contributed by atoms with Gasteiger partial charge in [-0.15, -0.1) is 0 Å². The first-order valence-corrected chi connectivity index (χ1v) is 7.25. The van der Waals surface area contributed by atoms with E-state index in [0.717, 1.165) is 6.42 Å². The molecular weight excluding hydrogens is 272 g/mol. The van der Waals surface area contributed by atoms with Crippen LogP contribution in [0, 0.1) is 11.8 Å². The van der Waals surface area contributed by atoms with E-state index in [-0.39, 0.29) is 17.4 Å². The number of carbonyl (C=O) groups is 2. The van der Waals surface area contributed by atoms with E-state index in [1.54, 1.807) is 16.8 Å². The Morgan fingerprint density at radius 1 is 1.33 bits per heavy atom. The van der Waals surface area contributed by atoms with Gasteiger partial charge in [0.25, 0.3) is 5.56 Å². The van der Waals surface area contributed by atoms with Crippen LogP contribution in [0.2, 0.25) is 0 Å². The summed E-state index contributed by atoms with van der Waals surface area (Å²) in [7, 11) is 0. The average molecular weight is 292 g/mol. The van der Waals surface area contributed by atoms with Crippen molar-refractivity contribution in [2.24, 2.45) is 11.8 Å². The van der Waals surface area contributed by atoms with E-state index < -0.39 is 11.9 Å². The summed E-state index contributed by atoms with van der Waals surface area (Å²) >= 11 is 0. The lowest BCUT2D eigenvalue weighted by Crippen LogP contribution is -2.24. The summed E-state index contributed by atoms with van der Waals surface area (Å²) in [4.78, 5) is 34.7. The zero-order valence-electron chi connectivity index (χ0n) is 12.0. The van der Waals surface area contributed by atoms with Crippen LogP contribution in [0.5, 0.6) is 0 Å². The Morgan fingerprint density at radius 3 is 2.67 bits per heavy atom. The molecule has 6 heteroatoms. The first-order valence-electron chi connectivity index (χ1n) is 7.25. The predicted molar refractivity (Wildman–Crippen MR) is 78.1 cm³/mol. The molecule has 2 atom stereocenters. The Kier molecular flexibility index (Phi) is 4.77. The van der Waals surface area contributed by atoms with Crippen LogP contribution in [0.15, 0.2) is 23.1 Å². The molecule has 0 radical (unpaired) electrons. The number of nitrogens with one attached hydrogen (secondary N) is 1. The second kappa shape index (κ2) is 6.56. The first kappa shape index (κ1) is 15.3. The maximum Gasteiger partial charge on any atom is 0.306 e. The van der Waals surface area contributed by atoms with Crippen molar-refractivity contribution in [3.05, 3.63) is 28.7 Å². The van der Waals surface area contributed by atoms with E-state index in [1.165, 1.54) is 6.07 Å². The van der Waals surface area contributed by atoms with Gasteiger partial charge in [0.15, 0.2) is 0 Å². The van der Waals surface area contributed by atoms with Gasteiger partial charge in [-0.05, 0) is 31.7 Å². The highest BCUT2D eigenvalue weighted by Crippen LogP contribution is 2.31. The summed E-state index contributed by atoms with van der Waals surface area (Å²) in [6.07, 6.45) is 3.99. The number of hydrogen-bond donors (Lipinski definition) is 2. The molecule has 0 saturated heterocycles. The molecule has 2 rings (SSSR count). The lowest BCUT2D eigenvalue weighted by atomic mass is 10.0. The summed E-state index contributed by atoms with van der Waals surface area (Å²) in [5.41, 5.74) is 0.480. The van der Waals surface area contributed by atoms with E-state index in [9.17, 15) is 14.4 Å². The molecule has 0 bridgehead atoms. The van der Waals surface area contributed by atoms with Gasteiger partial charge in [0.05, 0.1) is 11.6 Å². The number of carboxylic acid groups (broad SMARTS) is 1. The molecule has 1 fully saturated rings. The van der Waals surface area contributed by atoms with Gasteiger partial charge in [-0.1, -0.05) is 6.92 Å². The first-order chi connectivity index (χ1) is 10.0. The lowest BCUT2D eigenvalue weighted by Gasteiger charge is -2.12. The number of aromatic nitrogens is 1. The van der Waals surface area contributed by atoms with Crippen molar-refractivity contribution in [1.82, 2.24) is 4.57 Å². The van der Waals surface area contributed by atoms with Gasteiger partial charge in [-0.3, -0.25) is 14.4 Å². The highest BCUT2D eigenvalue weighted by atomic mass is 16.4. The summed E-state index contributed by atoms with van der Waals surface area (Å²) in [5.74, 6) is -1.69. The highest BCUT2D eigenvalue weighted by molar-refractivity contribution is 5.93. The number of anilines is 1. The van der Waals surface area contributed by atoms with E-state index >= 15 is 0 Å². The fraction of sp³-hybridized carbons (Fsp3) is 0.533. The molecule has 1 aromatic heterocycles. The monoisotopic (exact) mass is 292 g/mol. The van der Waals surface area contributed by atoms with Crippen molar-refractivity contribution in [2.45, 2.75) is 39.2 Å². The topological polar surface area (TPSA) is 88.4 Å². The number of amides is 1. The summed E-state index contributed by atoms with van der Waals surface area (Å²) in [6.45, 7) is 2.58. The Bertz CT molecular complexity index is 594. The molecule has 0 aliphatic heterocycles. The van der Waals surface area contributed by atoms with Gasteiger partial charge >= 0.3 is 5.97 Å². The van der Waals surface area contributed by atoms with E-state index in [1.807, 2.05) is 6.92 Å². The minimum absolute atomic E-state index is 0.0957. The molecule has 21 heavy (non-hydrogen) atoms. The molecule has 2 N–H and O–H groups in total. The number of carboxylic acids is 1. The molecule has 1 heterocycles. The SMILES string of the molecule is CCCn1cc(NC(=O)[C@@H]2CC[C@H](C(=O)O)C2)ccc1=O. The van der Waals surface area contributed by atoms with Crippen LogP contribution in [-0.2, 0) is 16.1 Å². The predicted octanol–water partition coefficient (Wildman–Crippen LogP) is 1.70. The quantitative estimate of drug-likeness (QED) is 0.864. The largest absolute Gasteiger partial charge is 0.481 e. The molecule has 0 unspecified atom stereocenters. The zero-order valence-corrected chi connectivity index (χ0v) is 12.0. The van der Waals surface area contributed by atoms with Gasteiger partial charge < -0.3 is 15.0 Å². The van der Waals surface area contributed by atoms with E-state index in [2.05, 4.69) is 5.32 Å². The third-order valence-corrected chi connectivity index (χ3v) is 3.87. The number of carbonyl (C=O) groups excluding carboxylic acids is 1. The summed E-state index contributed by atoms with van der Waals surface area (Å²) in [6, 6.07) is 3.01. The van der Waals surface area contributed by atoms with Gasteiger partial charge in [-0.25, -0.2) is 0 Å². The van der Waals surface area contributed by atoms with Gasteiger partial charge in [0.2, 0.25) is 5.91 Å². The fourth-order valence-electron chi connectivity index (χ4n) is 2.71. The number of aliphatic carboxylic acids is 1. The van der Waals surface area contributed by atoms with Crippen LogP contribution < -0.4 is 10.9 Å². The number of nitrogens with zero attached hydrogens (tertiary/aromatic N) is 1. The fourth-order valence-corrected chi connectivity index (χ4v) is 2.71. The minimum Gasteiger partial charge on any atom is -0.481 e. The Hall–Kier alpha value is -2.11. The van der Waals surface area contributed by atoms with Crippen LogP contribution in [-0.4, -0.2) is 21.6 Å². The molecular formula is C15H20N2O4. The van der Waals surface area contributed by atoms with Gasteiger partial charge in [0, 0.05) is 24.7 Å². The molecule has 1 saturated carbocycles. The number of pyridine rings is 1. The van der Waals surface area contributed by atoms with Crippen molar-refractivity contribution < 1.29 is 14.7 Å². The maximum atomic E-state index is 12.1. The summed E-state index contributed by atoms with van der Waals surface area (Å²) < 4.78 is 1.56. The van der Waals surface area contributed by atoms with Crippen molar-refractivity contribution in [1.29, 1.82) is 0 Å². The Morgan fingerprint density at radius 2 is 2.05 bits per heavy atom. The standard InChI is InChI=1S/C15H20N2O4/c1-2-7-17-9-12(5-6-13(17)18)16-14(19)10-3-4-11(8-10)15(20)21/h5-6,9-11H,2-4,7-8H2,1H3,(H,16,19)(H,20,21)/t10-,11+/m1/s1. The van der Waals surface area contributed by atoms with E-state index in [0.29, 0.717) is 31.5 Å². The summed E-state index contributed by atoms with van der Waals surface area (Å²) in [5, 5.41) is 11.7. The zero-order chi connectivity index (χ0) is 15.4. The average Bonchev–Trinajstić information content (AvgIpc) is 2.93. The Labute approximate surface area is 122 Å². The molecule has 0 spiro atoms. The van der Waals surface area contributed by atoms with Crippen molar-refractivity contribution in [3.63, 3.8) is 0 Å². The van der Waals surface area contributed by atoms with Crippen molar-refractivity contribution in [2.75, 3.05) is 5.32 Å². The molecule has 1 aromatic rings. The number of aryl methyl sites for hydroxylation is 1. The normalized spacial score (nSPS) is 21.2. The maximum absolute atomic E-state index is 12.1. The lowest BCUT2D eigenvalue weighted by molar-refractivity contribution is -0.141. The van der Waals surface area contributed by atoms with Crippen molar-refractivity contribution in [3.8, 4) is 0 Å². The number of rotatable bonds is 5. The second-order valence-electron chi connectivity index (χ2n) is 5.48. The highest BCUT2D eigenvalue weighted by Gasteiger charge is 2.33. The van der Waals surface area contributed by atoms with Gasteiger partial charge in [-0.2, -0.15) is 0 Å². The third-order valence-electron chi connectivity index (χ3n) is 3.87. The van der Waals surface area contributed by atoms with Crippen LogP contribution >= 0.6 is 0 Å². The molecule has 1 amide bonds. The van der Waals surface area contributed by atoms with Crippen LogP contribution in [0.3, 0.4) is 0 Å². The minimum atomic E-state index is -0.832. The Balaban J connectivity index is 2.02. The van der Waals surface area contributed by atoms with Crippen molar-refractivity contribution >= 4 is 17.6 Å².